The van der Waals surface area contributed by atoms with Crippen LogP contribution in [-0.4, -0.2) is 22.7 Å². The highest BCUT2D eigenvalue weighted by Crippen LogP contribution is 2.10. The van der Waals surface area contributed by atoms with Crippen LogP contribution in [0.25, 0.3) is 0 Å². The van der Waals surface area contributed by atoms with Crippen molar-refractivity contribution in [2.75, 3.05) is 6.61 Å². The van der Waals surface area contributed by atoms with E-state index in [1.165, 1.54) is 12.3 Å². The number of hydrogen-bond acceptors (Lipinski definition) is 3. The average Bonchev–Trinajstić information content (AvgIpc) is 2.18. The Bertz CT molecular complexity index is 357. The predicted octanol–water partition coefficient (Wildman–Crippen LogP) is 2.12. The fourth-order valence-corrected chi connectivity index (χ4v) is 0.935. The van der Waals surface area contributed by atoms with Crippen molar-refractivity contribution in [3.05, 3.63) is 36.2 Å². The summed E-state index contributed by atoms with van der Waals surface area (Å²) in [6.07, 6.45) is 2.18. The lowest BCUT2D eigenvalue weighted by molar-refractivity contribution is 0.0690. The van der Waals surface area contributed by atoms with Gasteiger partial charge in [-0.2, -0.15) is 0 Å². The molecule has 0 aliphatic rings. The number of carbonyl (C=O) groups is 1. The molecule has 0 bridgehead atoms. The molecule has 0 saturated heterocycles. The Hall–Kier alpha value is -1.84. The highest BCUT2D eigenvalue weighted by molar-refractivity contribution is 5.85. The Labute approximate surface area is 88.2 Å². The molecule has 80 valence electrons. The van der Waals surface area contributed by atoms with Gasteiger partial charge in [-0.1, -0.05) is 5.57 Å². The summed E-state index contributed by atoms with van der Waals surface area (Å²) >= 11 is 0. The third-order valence-corrected chi connectivity index (χ3v) is 1.75. The lowest BCUT2D eigenvalue weighted by Crippen LogP contribution is -2.01. The first-order valence-electron chi connectivity index (χ1n) is 4.56. The standard InChI is InChI=1S/C11H13NO3/c1-8(2)5-6-15-9-3-4-10(11(13)14)12-7-9/h3-4,7H,1,5-6H2,2H3,(H,13,14). The van der Waals surface area contributed by atoms with Crippen molar-refractivity contribution < 1.29 is 14.6 Å². The number of carboxylic acid groups (broad SMARTS) is 1. The predicted molar refractivity (Wildman–Crippen MR) is 56.1 cm³/mol. The minimum absolute atomic E-state index is 0.0160. The van der Waals surface area contributed by atoms with Gasteiger partial charge in [0.2, 0.25) is 0 Å². The zero-order chi connectivity index (χ0) is 11.3. The average molecular weight is 207 g/mol. The summed E-state index contributed by atoms with van der Waals surface area (Å²) in [7, 11) is 0. The van der Waals surface area contributed by atoms with Crippen LogP contribution in [0.5, 0.6) is 5.75 Å². The second kappa shape index (κ2) is 5.14. The van der Waals surface area contributed by atoms with Gasteiger partial charge in [-0.25, -0.2) is 9.78 Å². The molecular formula is C11H13NO3. The highest BCUT2D eigenvalue weighted by atomic mass is 16.5. The molecule has 0 amide bonds. The van der Waals surface area contributed by atoms with E-state index in [1.807, 2.05) is 6.92 Å². The summed E-state index contributed by atoms with van der Waals surface area (Å²) in [5.74, 6) is -0.468. The van der Waals surface area contributed by atoms with Crippen LogP contribution in [0.4, 0.5) is 0 Å². The summed E-state index contributed by atoms with van der Waals surface area (Å²) in [6, 6.07) is 3.01. The number of hydrogen-bond donors (Lipinski definition) is 1. The van der Waals surface area contributed by atoms with E-state index in [-0.39, 0.29) is 5.69 Å². The van der Waals surface area contributed by atoms with Gasteiger partial charge in [0, 0.05) is 6.42 Å². The summed E-state index contributed by atoms with van der Waals surface area (Å²) in [5, 5.41) is 8.61. The molecule has 15 heavy (non-hydrogen) atoms. The van der Waals surface area contributed by atoms with Crippen molar-refractivity contribution in [3.63, 3.8) is 0 Å². The largest absolute Gasteiger partial charge is 0.492 e. The van der Waals surface area contributed by atoms with E-state index < -0.39 is 5.97 Å². The number of rotatable bonds is 5. The van der Waals surface area contributed by atoms with E-state index in [1.54, 1.807) is 6.07 Å². The molecule has 4 heteroatoms. The molecule has 0 spiro atoms. The molecule has 1 aromatic heterocycles. The SMILES string of the molecule is C=C(C)CCOc1ccc(C(=O)O)nc1. The van der Waals surface area contributed by atoms with Crippen molar-refractivity contribution in [2.24, 2.45) is 0 Å². The fraction of sp³-hybridized carbons (Fsp3) is 0.273. The first-order valence-corrected chi connectivity index (χ1v) is 4.56. The van der Waals surface area contributed by atoms with Crippen LogP contribution in [0.15, 0.2) is 30.5 Å². The summed E-state index contributed by atoms with van der Waals surface area (Å²) in [4.78, 5) is 14.2. The van der Waals surface area contributed by atoms with Crippen LogP contribution in [0.2, 0.25) is 0 Å². The Morgan fingerprint density at radius 3 is 2.80 bits per heavy atom. The Kier molecular flexibility index (Phi) is 3.85. The molecule has 0 saturated carbocycles. The first-order chi connectivity index (χ1) is 7.09. The highest BCUT2D eigenvalue weighted by Gasteiger charge is 2.03. The smallest absolute Gasteiger partial charge is 0.354 e. The molecular weight excluding hydrogens is 194 g/mol. The molecule has 0 atom stereocenters. The molecule has 1 rings (SSSR count). The molecule has 0 unspecified atom stereocenters. The van der Waals surface area contributed by atoms with Crippen LogP contribution in [0.1, 0.15) is 23.8 Å². The summed E-state index contributed by atoms with van der Waals surface area (Å²) in [6.45, 7) is 6.21. The molecule has 4 nitrogen and oxygen atoms in total. The zero-order valence-corrected chi connectivity index (χ0v) is 8.56. The quantitative estimate of drug-likeness (QED) is 0.751. The van der Waals surface area contributed by atoms with Crippen molar-refractivity contribution in [1.82, 2.24) is 4.98 Å². The molecule has 0 aliphatic heterocycles. The Balaban J connectivity index is 2.50. The summed E-state index contributed by atoms with van der Waals surface area (Å²) in [5.41, 5.74) is 1.06. The van der Waals surface area contributed by atoms with Crippen LogP contribution >= 0.6 is 0 Å². The van der Waals surface area contributed by atoms with Crippen molar-refractivity contribution in [3.8, 4) is 5.75 Å². The maximum Gasteiger partial charge on any atom is 0.354 e. The van der Waals surface area contributed by atoms with E-state index in [9.17, 15) is 4.79 Å². The van der Waals surface area contributed by atoms with E-state index >= 15 is 0 Å². The van der Waals surface area contributed by atoms with Crippen LogP contribution in [0, 0.1) is 0 Å². The van der Waals surface area contributed by atoms with E-state index in [0.29, 0.717) is 12.4 Å². The molecule has 1 N–H and O–H groups in total. The van der Waals surface area contributed by atoms with E-state index in [4.69, 9.17) is 9.84 Å². The number of aromatic carboxylic acids is 1. The van der Waals surface area contributed by atoms with Crippen LogP contribution < -0.4 is 4.74 Å². The van der Waals surface area contributed by atoms with Gasteiger partial charge >= 0.3 is 5.97 Å². The Morgan fingerprint density at radius 1 is 1.60 bits per heavy atom. The third kappa shape index (κ3) is 3.81. The van der Waals surface area contributed by atoms with Gasteiger partial charge in [-0.05, 0) is 19.1 Å². The number of aromatic nitrogens is 1. The number of carboxylic acids is 1. The molecule has 0 fully saturated rings. The number of ether oxygens (including phenoxy) is 1. The minimum Gasteiger partial charge on any atom is -0.492 e. The number of pyridine rings is 1. The minimum atomic E-state index is -1.04. The van der Waals surface area contributed by atoms with Gasteiger partial charge in [-0.15, -0.1) is 6.58 Å². The molecule has 1 heterocycles. The normalized spacial score (nSPS) is 9.67. The van der Waals surface area contributed by atoms with Gasteiger partial charge < -0.3 is 9.84 Å². The van der Waals surface area contributed by atoms with Crippen molar-refractivity contribution in [1.29, 1.82) is 0 Å². The first kappa shape index (κ1) is 11.2. The molecule has 0 radical (unpaired) electrons. The van der Waals surface area contributed by atoms with Crippen molar-refractivity contribution in [2.45, 2.75) is 13.3 Å². The molecule has 0 aromatic carbocycles. The van der Waals surface area contributed by atoms with Gasteiger partial charge in [0.15, 0.2) is 0 Å². The van der Waals surface area contributed by atoms with E-state index in [0.717, 1.165) is 12.0 Å². The topological polar surface area (TPSA) is 59.4 Å². The van der Waals surface area contributed by atoms with Gasteiger partial charge in [0.05, 0.1) is 12.8 Å². The van der Waals surface area contributed by atoms with Crippen molar-refractivity contribution >= 4 is 5.97 Å². The third-order valence-electron chi connectivity index (χ3n) is 1.75. The maximum atomic E-state index is 10.5. The van der Waals surface area contributed by atoms with Crippen LogP contribution in [-0.2, 0) is 0 Å². The molecule has 1 aromatic rings. The maximum absolute atomic E-state index is 10.5. The van der Waals surface area contributed by atoms with E-state index in [2.05, 4.69) is 11.6 Å². The van der Waals surface area contributed by atoms with Gasteiger partial charge in [0.25, 0.3) is 0 Å². The summed E-state index contributed by atoms with van der Waals surface area (Å²) < 4.78 is 5.34. The monoisotopic (exact) mass is 207 g/mol. The zero-order valence-electron chi connectivity index (χ0n) is 8.56. The second-order valence-electron chi connectivity index (χ2n) is 3.24. The fourth-order valence-electron chi connectivity index (χ4n) is 0.935. The lowest BCUT2D eigenvalue weighted by Gasteiger charge is -2.05. The lowest BCUT2D eigenvalue weighted by atomic mass is 10.3. The van der Waals surface area contributed by atoms with Gasteiger partial charge in [0.1, 0.15) is 11.4 Å². The Morgan fingerprint density at radius 2 is 2.33 bits per heavy atom. The second-order valence-corrected chi connectivity index (χ2v) is 3.24. The number of nitrogens with zero attached hydrogens (tertiary/aromatic N) is 1. The molecule has 0 aliphatic carbocycles. The van der Waals surface area contributed by atoms with Crippen LogP contribution in [0.3, 0.4) is 0 Å². The van der Waals surface area contributed by atoms with Gasteiger partial charge in [-0.3, -0.25) is 0 Å².